The molecule has 2 fully saturated rings. The molecule has 5 heteroatoms. The van der Waals surface area contributed by atoms with Crippen LogP contribution >= 0.6 is 0 Å². The van der Waals surface area contributed by atoms with Gasteiger partial charge in [0, 0.05) is 23.6 Å². The Morgan fingerprint density at radius 3 is 3.17 bits per heavy atom. The van der Waals surface area contributed by atoms with E-state index in [0.717, 1.165) is 41.5 Å². The number of fused-ring (bicyclic) bond motifs is 2. The summed E-state index contributed by atoms with van der Waals surface area (Å²) in [7, 11) is 1.63. The first-order valence-corrected chi connectivity index (χ1v) is 8.21. The molecule has 1 amide bonds. The zero-order valence-electron chi connectivity index (χ0n) is 13.3. The van der Waals surface area contributed by atoms with Crippen LogP contribution in [0.5, 0.6) is 5.75 Å². The Labute approximate surface area is 135 Å². The van der Waals surface area contributed by atoms with Crippen LogP contribution in [-0.2, 0) is 16.0 Å². The van der Waals surface area contributed by atoms with Crippen LogP contribution in [0.25, 0.3) is 11.0 Å². The maximum Gasteiger partial charge on any atom is 0.227 e. The third kappa shape index (κ3) is 2.59. The van der Waals surface area contributed by atoms with Gasteiger partial charge in [-0.15, -0.1) is 0 Å². The molecule has 0 radical (unpaired) electrons. The lowest BCUT2D eigenvalue weighted by molar-refractivity contribution is -0.143. The fourth-order valence-corrected chi connectivity index (χ4v) is 3.83. The number of morpholine rings is 1. The van der Waals surface area contributed by atoms with Crippen LogP contribution < -0.4 is 4.74 Å². The van der Waals surface area contributed by atoms with Crippen molar-refractivity contribution in [2.75, 3.05) is 20.3 Å². The SMILES string of the molecule is COc1ccc2c(CC(=O)N3CCO[C@@H]4CCC[C@@H]43)coc2c1. The number of ether oxygens (including phenoxy) is 2. The highest BCUT2D eigenvalue weighted by atomic mass is 16.5. The van der Waals surface area contributed by atoms with Gasteiger partial charge < -0.3 is 18.8 Å². The van der Waals surface area contributed by atoms with Crippen molar-refractivity contribution in [2.45, 2.75) is 37.8 Å². The van der Waals surface area contributed by atoms with Crippen molar-refractivity contribution >= 4 is 16.9 Å². The van der Waals surface area contributed by atoms with E-state index in [2.05, 4.69) is 0 Å². The molecule has 0 spiro atoms. The van der Waals surface area contributed by atoms with Gasteiger partial charge in [-0.25, -0.2) is 0 Å². The molecule has 1 aliphatic carbocycles. The second-order valence-corrected chi connectivity index (χ2v) is 6.29. The molecule has 1 aromatic heterocycles. The van der Waals surface area contributed by atoms with E-state index in [1.165, 1.54) is 0 Å². The van der Waals surface area contributed by atoms with Crippen LogP contribution in [0.2, 0.25) is 0 Å². The van der Waals surface area contributed by atoms with Gasteiger partial charge in [-0.2, -0.15) is 0 Å². The molecule has 0 bridgehead atoms. The summed E-state index contributed by atoms with van der Waals surface area (Å²) in [5.74, 6) is 0.926. The number of methoxy groups -OCH3 is 1. The molecule has 2 aromatic rings. The molecule has 1 aliphatic heterocycles. The minimum Gasteiger partial charge on any atom is -0.497 e. The molecule has 0 unspecified atom stereocenters. The molecule has 23 heavy (non-hydrogen) atoms. The van der Waals surface area contributed by atoms with Gasteiger partial charge in [-0.1, -0.05) is 0 Å². The van der Waals surface area contributed by atoms with Crippen molar-refractivity contribution in [1.82, 2.24) is 4.90 Å². The van der Waals surface area contributed by atoms with Crippen LogP contribution in [0, 0.1) is 0 Å². The van der Waals surface area contributed by atoms with E-state index >= 15 is 0 Å². The molecular formula is C18H21NO4. The van der Waals surface area contributed by atoms with Gasteiger partial charge in [0.2, 0.25) is 5.91 Å². The van der Waals surface area contributed by atoms with Gasteiger partial charge in [-0.05, 0) is 31.4 Å². The number of furan rings is 1. The van der Waals surface area contributed by atoms with E-state index in [0.29, 0.717) is 19.6 Å². The van der Waals surface area contributed by atoms with Gasteiger partial charge in [-0.3, -0.25) is 4.79 Å². The maximum atomic E-state index is 12.8. The highest BCUT2D eigenvalue weighted by Gasteiger charge is 2.38. The molecule has 2 heterocycles. The third-order valence-electron chi connectivity index (χ3n) is 5.01. The van der Waals surface area contributed by atoms with E-state index in [-0.39, 0.29) is 18.1 Å². The van der Waals surface area contributed by atoms with E-state index in [1.807, 2.05) is 23.1 Å². The average molecular weight is 315 g/mol. The Balaban J connectivity index is 1.54. The summed E-state index contributed by atoms with van der Waals surface area (Å²) >= 11 is 0. The minimum atomic E-state index is 0.170. The summed E-state index contributed by atoms with van der Waals surface area (Å²) in [4.78, 5) is 14.8. The van der Waals surface area contributed by atoms with Crippen LogP contribution in [0.15, 0.2) is 28.9 Å². The molecule has 122 valence electrons. The van der Waals surface area contributed by atoms with Crippen LogP contribution in [-0.4, -0.2) is 43.2 Å². The van der Waals surface area contributed by atoms with Crippen molar-refractivity contribution in [2.24, 2.45) is 0 Å². The summed E-state index contributed by atoms with van der Waals surface area (Å²) in [6.07, 6.45) is 5.57. The van der Waals surface area contributed by atoms with E-state index < -0.39 is 0 Å². The molecule has 1 saturated carbocycles. The standard InChI is InChI=1S/C18H21NO4/c1-21-13-5-6-14-12(11-23-17(14)10-13)9-18(20)19-7-8-22-16-4-2-3-15(16)19/h5-6,10-11,15-16H,2-4,7-9H2,1H3/t15-,16+/m0/s1. The van der Waals surface area contributed by atoms with Crippen molar-refractivity contribution in [3.63, 3.8) is 0 Å². The molecule has 4 rings (SSSR count). The number of hydrogen-bond donors (Lipinski definition) is 0. The minimum absolute atomic E-state index is 0.170. The molecule has 5 nitrogen and oxygen atoms in total. The monoisotopic (exact) mass is 315 g/mol. The van der Waals surface area contributed by atoms with E-state index in [4.69, 9.17) is 13.9 Å². The largest absolute Gasteiger partial charge is 0.497 e. The Hall–Kier alpha value is -2.01. The zero-order valence-corrected chi connectivity index (χ0v) is 13.3. The number of carbonyl (C=O) groups is 1. The highest BCUT2D eigenvalue weighted by molar-refractivity contribution is 5.88. The van der Waals surface area contributed by atoms with Gasteiger partial charge in [0.25, 0.3) is 0 Å². The molecule has 1 saturated heterocycles. The predicted octanol–water partition coefficient (Wildman–Crippen LogP) is 2.76. The number of hydrogen-bond acceptors (Lipinski definition) is 4. The second-order valence-electron chi connectivity index (χ2n) is 6.29. The summed E-state index contributed by atoms with van der Waals surface area (Å²) in [6, 6.07) is 5.96. The quantitative estimate of drug-likeness (QED) is 0.874. The lowest BCUT2D eigenvalue weighted by Crippen LogP contribution is -2.51. The fraction of sp³-hybridized carbons (Fsp3) is 0.500. The van der Waals surface area contributed by atoms with Crippen molar-refractivity contribution in [3.05, 3.63) is 30.0 Å². The van der Waals surface area contributed by atoms with Gasteiger partial charge in [0.15, 0.2) is 0 Å². The second kappa shape index (κ2) is 5.89. The third-order valence-corrected chi connectivity index (χ3v) is 5.01. The molecule has 1 aromatic carbocycles. The number of carbonyl (C=O) groups excluding carboxylic acids is 1. The van der Waals surface area contributed by atoms with Gasteiger partial charge in [0.1, 0.15) is 11.3 Å². The Morgan fingerprint density at radius 1 is 1.39 bits per heavy atom. The molecule has 2 aliphatic rings. The van der Waals surface area contributed by atoms with Crippen LogP contribution in [0.3, 0.4) is 0 Å². The normalized spacial score (nSPS) is 24.0. The van der Waals surface area contributed by atoms with Crippen LogP contribution in [0.4, 0.5) is 0 Å². The summed E-state index contributed by atoms with van der Waals surface area (Å²) < 4.78 is 16.6. The maximum absolute atomic E-state index is 12.8. The van der Waals surface area contributed by atoms with Crippen molar-refractivity contribution in [3.8, 4) is 5.75 Å². The Kier molecular flexibility index (Phi) is 3.73. The highest BCUT2D eigenvalue weighted by Crippen LogP contribution is 2.31. The van der Waals surface area contributed by atoms with E-state index in [9.17, 15) is 4.79 Å². The van der Waals surface area contributed by atoms with Crippen LogP contribution in [0.1, 0.15) is 24.8 Å². The first kappa shape index (κ1) is 14.6. The first-order valence-electron chi connectivity index (χ1n) is 8.21. The topological polar surface area (TPSA) is 51.9 Å². The van der Waals surface area contributed by atoms with E-state index in [1.54, 1.807) is 13.4 Å². The summed E-state index contributed by atoms with van der Waals surface area (Å²) in [5.41, 5.74) is 1.70. The summed E-state index contributed by atoms with van der Waals surface area (Å²) in [6.45, 7) is 1.35. The Bertz CT molecular complexity index is 723. The average Bonchev–Trinajstić information content (AvgIpc) is 3.21. The van der Waals surface area contributed by atoms with Gasteiger partial charge >= 0.3 is 0 Å². The van der Waals surface area contributed by atoms with Crippen molar-refractivity contribution in [1.29, 1.82) is 0 Å². The number of amides is 1. The number of nitrogens with zero attached hydrogens (tertiary/aromatic N) is 1. The Morgan fingerprint density at radius 2 is 2.30 bits per heavy atom. The number of rotatable bonds is 3. The number of benzene rings is 1. The lowest BCUT2D eigenvalue weighted by Gasteiger charge is -2.37. The molecule has 2 atom stereocenters. The lowest BCUT2D eigenvalue weighted by atomic mass is 10.1. The smallest absolute Gasteiger partial charge is 0.227 e. The molecule has 0 N–H and O–H groups in total. The fourth-order valence-electron chi connectivity index (χ4n) is 3.83. The zero-order chi connectivity index (χ0) is 15.8. The first-order chi connectivity index (χ1) is 11.3. The summed E-state index contributed by atoms with van der Waals surface area (Å²) in [5, 5.41) is 0.982. The van der Waals surface area contributed by atoms with Gasteiger partial charge in [0.05, 0.1) is 38.5 Å². The van der Waals surface area contributed by atoms with Crippen molar-refractivity contribution < 1.29 is 18.7 Å². The predicted molar refractivity (Wildman–Crippen MR) is 85.6 cm³/mol. The molecular weight excluding hydrogens is 294 g/mol.